The van der Waals surface area contributed by atoms with Crippen molar-refractivity contribution in [2.75, 3.05) is 32.8 Å². The van der Waals surface area contributed by atoms with Crippen LogP contribution in [0.3, 0.4) is 0 Å². The molecule has 2 N–H and O–H groups in total. The van der Waals surface area contributed by atoms with E-state index in [2.05, 4.69) is 55.4 Å². The fourth-order valence-corrected chi connectivity index (χ4v) is 3.06. The second-order valence-corrected chi connectivity index (χ2v) is 7.37. The average Bonchev–Trinajstić information content (AvgIpc) is 2.59. The fraction of sp³-hybridized carbons (Fsp3) is 0.632. The molecule has 1 fully saturated rings. The summed E-state index contributed by atoms with van der Waals surface area (Å²) in [6, 6.07) is 10.0. The number of nitrogens with one attached hydrogen (secondary N) is 2. The third-order valence-corrected chi connectivity index (χ3v) is 4.66. The summed E-state index contributed by atoms with van der Waals surface area (Å²) in [6.07, 6.45) is 0. The Hall–Kier alpha value is -1.59. The van der Waals surface area contributed by atoms with E-state index in [1.807, 2.05) is 18.2 Å². The Labute approximate surface area is 145 Å². The standard InChI is InChI=1S/C19H31N3O2/c1-15(2)17(16-8-6-5-7-9-16)21-18(23)20-14-19(3,4)22-10-12-24-13-11-22/h5-9,15,17H,10-14H2,1-4H3,(H2,20,21,23). The van der Waals surface area contributed by atoms with Crippen molar-refractivity contribution >= 4 is 6.03 Å². The molecule has 5 nitrogen and oxygen atoms in total. The van der Waals surface area contributed by atoms with Gasteiger partial charge in [0.05, 0.1) is 19.3 Å². The Kier molecular flexibility index (Phi) is 6.63. The van der Waals surface area contributed by atoms with E-state index < -0.39 is 0 Å². The minimum absolute atomic E-state index is 0.0118. The molecule has 0 aliphatic carbocycles. The van der Waals surface area contributed by atoms with Crippen LogP contribution in [0.4, 0.5) is 4.79 Å². The minimum atomic E-state index is -0.112. The number of ether oxygens (including phenoxy) is 1. The summed E-state index contributed by atoms with van der Waals surface area (Å²) in [5.74, 6) is 0.324. The zero-order chi connectivity index (χ0) is 17.6. The van der Waals surface area contributed by atoms with Crippen LogP contribution in [0.15, 0.2) is 30.3 Å². The minimum Gasteiger partial charge on any atom is -0.379 e. The molecule has 0 spiro atoms. The Morgan fingerprint density at radius 3 is 2.42 bits per heavy atom. The summed E-state index contributed by atoms with van der Waals surface area (Å²) in [4.78, 5) is 14.8. The van der Waals surface area contributed by atoms with Crippen molar-refractivity contribution < 1.29 is 9.53 Å². The molecule has 0 bridgehead atoms. The average molecular weight is 333 g/mol. The molecule has 2 amide bonds. The zero-order valence-corrected chi connectivity index (χ0v) is 15.3. The van der Waals surface area contributed by atoms with Crippen molar-refractivity contribution in [3.63, 3.8) is 0 Å². The lowest BCUT2D eigenvalue weighted by Crippen LogP contribution is -2.56. The molecule has 1 aromatic carbocycles. The normalized spacial score (nSPS) is 17.5. The Morgan fingerprint density at radius 2 is 1.83 bits per heavy atom. The molecule has 0 aromatic heterocycles. The van der Waals surface area contributed by atoms with Gasteiger partial charge in [0.15, 0.2) is 0 Å². The summed E-state index contributed by atoms with van der Waals surface area (Å²) < 4.78 is 5.41. The highest BCUT2D eigenvalue weighted by Gasteiger charge is 2.29. The maximum atomic E-state index is 12.4. The largest absolute Gasteiger partial charge is 0.379 e. The van der Waals surface area contributed by atoms with Crippen LogP contribution in [-0.4, -0.2) is 49.3 Å². The van der Waals surface area contributed by atoms with Crippen LogP contribution in [0, 0.1) is 5.92 Å². The number of urea groups is 1. The van der Waals surface area contributed by atoms with E-state index in [1.54, 1.807) is 0 Å². The maximum Gasteiger partial charge on any atom is 0.315 e. The smallest absolute Gasteiger partial charge is 0.315 e. The third-order valence-electron chi connectivity index (χ3n) is 4.66. The zero-order valence-electron chi connectivity index (χ0n) is 15.3. The number of nitrogens with zero attached hydrogens (tertiary/aromatic N) is 1. The number of rotatable bonds is 6. The van der Waals surface area contributed by atoms with Crippen molar-refractivity contribution in [1.29, 1.82) is 0 Å². The van der Waals surface area contributed by atoms with Gasteiger partial charge in [-0.25, -0.2) is 4.79 Å². The van der Waals surface area contributed by atoms with Crippen molar-refractivity contribution in [1.82, 2.24) is 15.5 Å². The van der Waals surface area contributed by atoms with Crippen molar-refractivity contribution in [2.24, 2.45) is 5.92 Å². The molecule has 1 heterocycles. The van der Waals surface area contributed by atoms with Crippen LogP contribution in [0.25, 0.3) is 0 Å². The first-order valence-corrected chi connectivity index (χ1v) is 8.82. The molecule has 1 aliphatic rings. The highest BCUT2D eigenvalue weighted by molar-refractivity contribution is 5.74. The Morgan fingerprint density at radius 1 is 1.21 bits per heavy atom. The number of benzene rings is 1. The van der Waals surface area contributed by atoms with Gasteiger partial charge >= 0.3 is 6.03 Å². The molecule has 0 radical (unpaired) electrons. The Bertz CT molecular complexity index is 511. The van der Waals surface area contributed by atoms with Gasteiger partial charge in [-0.1, -0.05) is 44.2 Å². The fourth-order valence-electron chi connectivity index (χ4n) is 3.06. The molecule has 1 saturated heterocycles. The van der Waals surface area contributed by atoms with Gasteiger partial charge in [-0.05, 0) is 25.3 Å². The topological polar surface area (TPSA) is 53.6 Å². The van der Waals surface area contributed by atoms with E-state index in [-0.39, 0.29) is 17.6 Å². The van der Waals surface area contributed by atoms with E-state index in [9.17, 15) is 4.79 Å². The number of morpholine rings is 1. The molecular weight excluding hydrogens is 302 g/mol. The van der Waals surface area contributed by atoms with E-state index in [1.165, 1.54) is 0 Å². The van der Waals surface area contributed by atoms with E-state index in [0.29, 0.717) is 12.5 Å². The molecule has 134 valence electrons. The molecule has 0 saturated carbocycles. The van der Waals surface area contributed by atoms with Gasteiger partial charge < -0.3 is 15.4 Å². The SMILES string of the molecule is CC(C)C(NC(=O)NCC(C)(C)N1CCOCC1)c1ccccc1. The summed E-state index contributed by atoms with van der Waals surface area (Å²) in [6.45, 7) is 12.5. The summed E-state index contributed by atoms with van der Waals surface area (Å²) >= 11 is 0. The monoisotopic (exact) mass is 333 g/mol. The van der Waals surface area contributed by atoms with Gasteiger partial charge in [-0.2, -0.15) is 0 Å². The highest BCUT2D eigenvalue weighted by atomic mass is 16.5. The number of carbonyl (C=O) groups is 1. The van der Waals surface area contributed by atoms with Crippen LogP contribution < -0.4 is 10.6 Å². The quantitative estimate of drug-likeness (QED) is 0.842. The van der Waals surface area contributed by atoms with Gasteiger partial charge in [0.2, 0.25) is 0 Å². The molecule has 1 aliphatic heterocycles. The molecule has 1 atom stereocenters. The predicted octanol–water partition coefficient (Wildman–Crippen LogP) is 2.79. The molecule has 1 aromatic rings. The van der Waals surface area contributed by atoms with Crippen LogP contribution in [0.1, 0.15) is 39.3 Å². The predicted molar refractivity (Wildman–Crippen MR) is 97.0 cm³/mol. The van der Waals surface area contributed by atoms with Gasteiger partial charge in [0, 0.05) is 25.2 Å². The first-order chi connectivity index (χ1) is 11.4. The molecule has 24 heavy (non-hydrogen) atoms. The van der Waals surface area contributed by atoms with Crippen molar-refractivity contribution in [3.05, 3.63) is 35.9 Å². The molecular formula is C19H31N3O2. The summed E-state index contributed by atoms with van der Waals surface area (Å²) in [5.41, 5.74) is 1.05. The lowest BCUT2D eigenvalue weighted by Gasteiger charge is -2.41. The van der Waals surface area contributed by atoms with Crippen molar-refractivity contribution in [2.45, 2.75) is 39.3 Å². The number of hydrogen-bond acceptors (Lipinski definition) is 3. The molecule has 5 heteroatoms. The van der Waals surface area contributed by atoms with E-state index >= 15 is 0 Å². The maximum absolute atomic E-state index is 12.4. The number of hydrogen-bond donors (Lipinski definition) is 2. The van der Waals surface area contributed by atoms with Gasteiger partial charge in [-0.15, -0.1) is 0 Å². The third kappa shape index (κ3) is 5.21. The van der Waals surface area contributed by atoms with Crippen LogP contribution in [0.5, 0.6) is 0 Å². The second-order valence-electron chi connectivity index (χ2n) is 7.37. The van der Waals surface area contributed by atoms with Crippen LogP contribution in [-0.2, 0) is 4.74 Å². The van der Waals surface area contributed by atoms with Gasteiger partial charge in [0.25, 0.3) is 0 Å². The molecule has 1 unspecified atom stereocenters. The number of amides is 2. The summed E-state index contributed by atoms with van der Waals surface area (Å²) in [5, 5.41) is 6.16. The lowest BCUT2D eigenvalue weighted by molar-refractivity contribution is -0.00877. The number of carbonyl (C=O) groups excluding carboxylic acids is 1. The van der Waals surface area contributed by atoms with Crippen LogP contribution in [0.2, 0.25) is 0 Å². The first kappa shape index (κ1) is 18.7. The Balaban J connectivity index is 1.89. The second kappa shape index (κ2) is 8.49. The van der Waals surface area contributed by atoms with Crippen molar-refractivity contribution in [3.8, 4) is 0 Å². The van der Waals surface area contributed by atoms with Gasteiger partial charge in [0.1, 0.15) is 0 Å². The lowest BCUT2D eigenvalue weighted by atomic mass is 9.96. The van der Waals surface area contributed by atoms with Crippen LogP contribution >= 0.6 is 0 Å². The first-order valence-electron chi connectivity index (χ1n) is 8.82. The molecule has 2 rings (SSSR count). The highest BCUT2D eigenvalue weighted by Crippen LogP contribution is 2.21. The van der Waals surface area contributed by atoms with Gasteiger partial charge in [-0.3, -0.25) is 4.90 Å². The van der Waals surface area contributed by atoms with E-state index in [0.717, 1.165) is 31.9 Å². The summed E-state index contributed by atoms with van der Waals surface area (Å²) in [7, 11) is 0. The van der Waals surface area contributed by atoms with E-state index in [4.69, 9.17) is 4.74 Å².